The molecule has 0 radical (unpaired) electrons. The maximum absolute atomic E-state index is 13.3. The molecular weight excluding hydrogens is 259 g/mol. The van der Waals surface area contributed by atoms with Crippen molar-refractivity contribution in [3.05, 3.63) is 40.6 Å². The van der Waals surface area contributed by atoms with Crippen LogP contribution in [0.25, 0.3) is 0 Å². The number of hydrogen-bond donors (Lipinski definition) is 0. The molecule has 0 saturated heterocycles. The second-order valence-corrected chi connectivity index (χ2v) is 4.51. The van der Waals surface area contributed by atoms with Crippen molar-refractivity contribution < 1.29 is 9.13 Å². The number of ether oxygens (including phenoxy) is 1. The van der Waals surface area contributed by atoms with Gasteiger partial charge in [0.05, 0.1) is 4.47 Å². The fraction of sp³-hybridized carbons (Fsp3) is 0.333. The average molecular weight is 273 g/mol. The summed E-state index contributed by atoms with van der Waals surface area (Å²) in [4.78, 5) is 0. The molecule has 0 bridgehead atoms. The van der Waals surface area contributed by atoms with Crippen LogP contribution in [0.5, 0.6) is 5.75 Å². The van der Waals surface area contributed by atoms with Crippen molar-refractivity contribution in [2.75, 3.05) is 6.61 Å². The van der Waals surface area contributed by atoms with Gasteiger partial charge in [0, 0.05) is 0 Å². The maximum atomic E-state index is 13.3. The lowest BCUT2D eigenvalue weighted by atomic mass is 10.1. The Morgan fingerprint density at radius 3 is 2.73 bits per heavy atom. The molecule has 0 fully saturated rings. The molecule has 1 nitrogen and oxygen atoms in total. The highest BCUT2D eigenvalue weighted by Gasteiger charge is 2.09. The van der Waals surface area contributed by atoms with Gasteiger partial charge >= 0.3 is 0 Å². The Morgan fingerprint density at radius 1 is 1.53 bits per heavy atom. The standard InChI is InChI=1S/C12H14BrFO/c1-8(2)9(3)7-15-12-10(13)5-4-6-11(12)14/h4-6,8H,3,7H2,1-2H3. The zero-order valence-electron chi connectivity index (χ0n) is 8.89. The van der Waals surface area contributed by atoms with Crippen molar-refractivity contribution in [3.63, 3.8) is 0 Å². The molecular formula is C12H14BrFO. The summed E-state index contributed by atoms with van der Waals surface area (Å²) in [6.07, 6.45) is 0. The normalized spacial score (nSPS) is 10.5. The third-order valence-corrected chi connectivity index (χ3v) is 2.76. The number of para-hydroxylation sites is 1. The smallest absolute Gasteiger partial charge is 0.169 e. The van der Waals surface area contributed by atoms with Gasteiger partial charge in [0.15, 0.2) is 11.6 Å². The van der Waals surface area contributed by atoms with Gasteiger partial charge < -0.3 is 4.74 Å². The van der Waals surface area contributed by atoms with Crippen LogP contribution >= 0.6 is 15.9 Å². The van der Waals surface area contributed by atoms with Gasteiger partial charge in [0.1, 0.15) is 6.61 Å². The first-order valence-electron chi connectivity index (χ1n) is 4.77. The van der Waals surface area contributed by atoms with E-state index in [2.05, 4.69) is 22.5 Å². The summed E-state index contributed by atoms with van der Waals surface area (Å²) in [6.45, 7) is 8.27. The molecule has 1 rings (SSSR count). The first-order valence-corrected chi connectivity index (χ1v) is 5.56. The van der Waals surface area contributed by atoms with Crippen molar-refractivity contribution in [2.24, 2.45) is 5.92 Å². The number of halogens is 2. The van der Waals surface area contributed by atoms with E-state index in [1.165, 1.54) is 6.07 Å². The van der Waals surface area contributed by atoms with E-state index < -0.39 is 0 Å². The van der Waals surface area contributed by atoms with Gasteiger partial charge in [0.2, 0.25) is 0 Å². The molecule has 0 unspecified atom stereocenters. The van der Waals surface area contributed by atoms with Crippen LogP contribution in [0.15, 0.2) is 34.8 Å². The van der Waals surface area contributed by atoms with Crippen LogP contribution in [-0.2, 0) is 0 Å². The van der Waals surface area contributed by atoms with E-state index in [0.717, 1.165) is 5.57 Å². The third-order valence-electron chi connectivity index (χ3n) is 2.14. The molecule has 0 heterocycles. The minimum Gasteiger partial charge on any atom is -0.485 e. The van der Waals surface area contributed by atoms with E-state index in [-0.39, 0.29) is 11.6 Å². The summed E-state index contributed by atoms with van der Waals surface area (Å²) in [7, 11) is 0. The molecule has 0 spiro atoms. The molecule has 0 atom stereocenters. The van der Waals surface area contributed by atoms with Crippen LogP contribution in [0, 0.1) is 11.7 Å². The Hall–Kier alpha value is -0.830. The van der Waals surface area contributed by atoms with Crippen molar-refractivity contribution in [3.8, 4) is 5.75 Å². The van der Waals surface area contributed by atoms with Gasteiger partial charge in [-0.3, -0.25) is 0 Å². The van der Waals surface area contributed by atoms with E-state index in [1.54, 1.807) is 12.1 Å². The lowest BCUT2D eigenvalue weighted by Gasteiger charge is -2.12. The highest BCUT2D eigenvalue weighted by atomic mass is 79.9. The minimum atomic E-state index is -0.360. The van der Waals surface area contributed by atoms with Crippen molar-refractivity contribution in [1.82, 2.24) is 0 Å². The molecule has 0 aliphatic carbocycles. The van der Waals surface area contributed by atoms with E-state index in [4.69, 9.17) is 4.74 Å². The second kappa shape index (κ2) is 5.31. The second-order valence-electron chi connectivity index (χ2n) is 3.65. The van der Waals surface area contributed by atoms with Crippen LogP contribution in [-0.4, -0.2) is 6.61 Å². The molecule has 0 aromatic heterocycles. The van der Waals surface area contributed by atoms with E-state index >= 15 is 0 Å². The number of rotatable bonds is 4. The minimum absolute atomic E-state index is 0.249. The van der Waals surface area contributed by atoms with Crippen molar-refractivity contribution in [2.45, 2.75) is 13.8 Å². The van der Waals surface area contributed by atoms with Crippen LogP contribution in [0.2, 0.25) is 0 Å². The Labute approximate surface area is 98.1 Å². The molecule has 15 heavy (non-hydrogen) atoms. The van der Waals surface area contributed by atoms with Crippen LogP contribution in [0.3, 0.4) is 0 Å². The maximum Gasteiger partial charge on any atom is 0.169 e. The van der Waals surface area contributed by atoms with Crippen molar-refractivity contribution in [1.29, 1.82) is 0 Å². The first kappa shape index (κ1) is 12.2. The van der Waals surface area contributed by atoms with Crippen LogP contribution < -0.4 is 4.74 Å². The number of benzene rings is 1. The highest BCUT2D eigenvalue weighted by Crippen LogP contribution is 2.28. The van der Waals surface area contributed by atoms with Crippen molar-refractivity contribution >= 4 is 15.9 Å². The van der Waals surface area contributed by atoms with E-state index in [0.29, 0.717) is 17.0 Å². The predicted molar refractivity (Wildman–Crippen MR) is 63.6 cm³/mol. The first-order chi connectivity index (χ1) is 7.02. The predicted octanol–water partition coefficient (Wildman–Crippen LogP) is 4.18. The third kappa shape index (κ3) is 3.34. The van der Waals surface area contributed by atoms with Gasteiger partial charge in [-0.15, -0.1) is 0 Å². The van der Waals surface area contributed by atoms with Gasteiger partial charge in [-0.25, -0.2) is 4.39 Å². The Bertz CT molecular complexity index is 340. The zero-order valence-corrected chi connectivity index (χ0v) is 10.5. The Morgan fingerprint density at radius 2 is 2.20 bits per heavy atom. The van der Waals surface area contributed by atoms with Crippen LogP contribution in [0.1, 0.15) is 13.8 Å². The molecule has 0 aliphatic heterocycles. The summed E-state index contributed by atoms with van der Waals surface area (Å²) >= 11 is 3.24. The molecule has 0 N–H and O–H groups in total. The fourth-order valence-electron chi connectivity index (χ4n) is 0.952. The fourth-order valence-corrected chi connectivity index (χ4v) is 1.41. The molecule has 1 aromatic rings. The quantitative estimate of drug-likeness (QED) is 0.748. The monoisotopic (exact) mass is 272 g/mol. The SMILES string of the molecule is C=C(COc1c(F)cccc1Br)C(C)C. The van der Waals surface area contributed by atoms with E-state index in [9.17, 15) is 4.39 Å². The molecule has 0 saturated carbocycles. The zero-order chi connectivity index (χ0) is 11.4. The number of hydrogen-bond acceptors (Lipinski definition) is 1. The molecule has 0 amide bonds. The summed E-state index contributed by atoms with van der Waals surface area (Å²) in [5, 5.41) is 0. The summed E-state index contributed by atoms with van der Waals surface area (Å²) in [6, 6.07) is 4.75. The molecule has 82 valence electrons. The molecule has 1 aromatic carbocycles. The Kier molecular flexibility index (Phi) is 4.33. The highest BCUT2D eigenvalue weighted by molar-refractivity contribution is 9.10. The summed E-state index contributed by atoms with van der Waals surface area (Å²) in [5.74, 6) is 0.232. The van der Waals surface area contributed by atoms with Gasteiger partial charge in [-0.05, 0) is 39.6 Å². The largest absolute Gasteiger partial charge is 0.485 e. The van der Waals surface area contributed by atoms with Gasteiger partial charge in [0.25, 0.3) is 0 Å². The topological polar surface area (TPSA) is 9.23 Å². The van der Waals surface area contributed by atoms with E-state index in [1.807, 2.05) is 13.8 Å². The lowest BCUT2D eigenvalue weighted by molar-refractivity contribution is 0.320. The van der Waals surface area contributed by atoms with Gasteiger partial charge in [-0.2, -0.15) is 0 Å². The molecule has 3 heteroatoms. The summed E-state index contributed by atoms with van der Waals surface area (Å²) in [5.41, 5.74) is 0.949. The molecule has 0 aliphatic rings. The Balaban J connectivity index is 2.69. The summed E-state index contributed by atoms with van der Waals surface area (Å²) < 4.78 is 19.3. The lowest BCUT2D eigenvalue weighted by Crippen LogP contribution is -2.06. The van der Waals surface area contributed by atoms with Gasteiger partial charge in [-0.1, -0.05) is 26.5 Å². The van der Waals surface area contributed by atoms with Crippen LogP contribution in [0.4, 0.5) is 4.39 Å². The average Bonchev–Trinajstić information content (AvgIpc) is 2.16.